The summed E-state index contributed by atoms with van der Waals surface area (Å²) in [5.41, 5.74) is 1.62. The number of nitrogens with zero attached hydrogens (tertiary/aromatic N) is 4. The smallest absolute Gasteiger partial charge is 0.244 e. The fraction of sp³-hybridized carbons (Fsp3) is 0.250. The van der Waals surface area contributed by atoms with Gasteiger partial charge in [0.1, 0.15) is 4.90 Å². The highest BCUT2D eigenvalue weighted by Crippen LogP contribution is 2.21. The Morgan fingerprint density at radius 1 is 1.04 bits per heavy atom. The van der Waals surface area contributed by atoms with E-state index < -0.39 is 10.0 Å². The van der Waals surface area contributed by atoms with E-state index in [4.69, 9.17) is 5.26 Å². The summed E-state index contributed by atoms with van der Waals surface area (Å²) in [6.07, 6.45) is 2.93. The number of benzene rings is 1. The van der Waals surface area contributed by atoms with Gasteiger partial charge in [0.25, 0.3) is 0 Å². The number of rotatable bonds is 3. The molecule has 1 aliphatic rings. The Labute approximate surface area is 135 Å². The van der Waals surface area contributed by atoms with Crippen molar-refractivity contribution in [3.05, 3.63) is 54.4 Å². The van der Waals surface area contributed by atoms with Gasteiger partial charge in [-0.25, -0.2) is 8.42 Å². The van der Waals surface area contributed by atoms with Crippen molar-refractivity contribution in [2.24, 2.45) is 0 Å². The molecule has 1 fully saturated rings. The summed E-state index contributed by atoms with van der Waals surface area (Å²) in [5, 5.41) is 8.83. The predicted molar refractivity (Wildman–Crippen MR) is 86.4 cm³/mol. The summed E-state index contributed by atoms with van der Waals surface area (Å²) in [7, 11) is -3.48. The monoisotopic (exact) mass is 328 g/mol. The Balaban J connectivity index is 1.70. The minimum absolute atomic E-state index is 0.229. The maximum absolute atomic E-state index is 12.5. The second-order valence-electron chi connectivity index (χ2n) is 5.24. The van der Waals surface area contributed by atoms with E-state index >= 15 is 0 Å². The molecule has 1 aliphatic heterocycles. The SMILES string of the molecule is N#Cc1ccc(N2CCN(S(=O)(=O)c3cccnc3)CC2)cc1. The molecule has 0 saturated carbocycles. The number of anilines is 1. The first kappa shape index (κ1) is 15.5. The minimum Gasteiger partial charge on any atom is -0.369 e. The van der Waals surface area contributed by atoms with Gasteiger partial charge in [0, 0.05) is 44.3 Å². The summed E-state index contributed by atoms with van der Waals surface area (Å²) in [5.74, 6) is 0. The molecule has 3 rings (SSSR count). The number of hydrogen-bond acceptors (Lipinski definition) is 5. The Morgan fingerprint density at radius 2 is 1.74 bits per heavy atom. The molecule has 1 saturated heterocycles. The zero-order valence-electron chi connectivity index (χ0n) is 12.5. The van der Waals surface area contributed by atoms with Crippen LogP contribution in [0, 0.1) is 11.3 Å². The Hall–Kier alpha value is -2.43. The first-order valence-electron chi connectivity index (χ1n) is 7.26. The molecular weight excluding hydrogens is 312 g/mol. The van der Waals surface area contributed by atoms with Gasteiger partial charge in [-0.1, -0.05) is 0 Å². The van der Waals surface area contributed by atoms with Crippen LogP contribution in [0.25, 0.3) is 0 Å². The standard InChI is InChI=1S/C16H16N4O2S/c17-12-14-3-5-15(6-4-14)19-8-10-20(11-9-19)23(21,22)16-2-1-7-18-13-16/h1-7,13H,8-11H2. The molecule has 0 N–H and O–H groups in total. The molecule has 7 heteroatoms. The zero-order valence-corrected chi connectivity index (χ0v) is 13.3. The maximum atomic E-state index is 12.5. The average Bonchev–Trinajstić information content (AvgIpc) is 2.63. The third-order valence-corrected chi connectivity index (χ3v) is 5.75. The van der Waals surface area contributed by atoms with Crippen molar-refractivity contribution in [1.82, 2.24) is 9.29 Å². The van der Waals surface area contributed by atoms with Crippen molar-refractivity contribution in [2.45, 2.75) is 4.90 Å². The molecule has 2 heterocycles. The molecule has 0 atom stereocenters. The van der Waals surface area contributed by atoms with E-state index in [1.165, 1.54) is 10.5 Å². The van der Waals surface area contributed by atoms with Gasteiger partial charge in [0.05, 0.1) is 11.6 Å². The topological polar surface area (TPSA) is 77.3 Å². The van der Waals surface area contributed by atoms with Crippen LogP contribution < -0.4 is 4.90 Å². The molecule has 0 spiro atoms. The number of hydrogen-bond donors (Lipinski definition) is 0. The summed E-state index contributed by atoms with van der Waals surface area (Å²) < 4.78 is 26.6. The molecule has 23 heavy (non-hydrogen) atoms. The van der Waals surface area contributed by atoms with Crippen LogP contribution in [-0.2, 0) is 10.0 Å². The molecule has 1 aromatic heterocycles. The highest BCUT2D eigenvalue weighted by atomic mass is 32.2. The van der Waals surface area contributed by atoms with Gasteiger partial charge in [-0.15, -0.1) is 0 Å². The number of pyridine rings is 1. The van der Waals surface area contributed by atoms with Crippen LogP contribution in [0.4, 0.5) is 5.69 Å². The van der Waals surface area contributed by atoms with E-state index in [0.29, 0.717) is 31.7 Å². The normalized spacial score (nSPS) is 16.0. The van der Waals surface area contributed by atoms with Gasteiger partial charge >= 0.3 is 0 Å². The molecule has 0 aliphatic carbocycles. The Kier molecular flexibility index (Phi) is 4.28. The first-order valence-corrected chi connectivity index (χ1v) is 8.70. The largest absolute Gasteiger partial charge is 0.369 e. The third-order valence-electron chi connectivity index (χ3n) is 3.87. The molecule has 0 bridgehead atoms. The van der Waals surface area contributed by atoms with Crippen LogP contribution in [0.5, 0.6) is 0 Å². The first-order chi connectivity index (χ1) is 11.1. The molecule has 0 unspecified atom stereocenters. The average molecular weight is 328 g/mol. The van der Waals surface area contributed by atoms with Crippen LogP contribution in [0.1, 0.15) is 5.56 Å². The van der Waals surface area contributed by atoms with Gasteiger partial charge in [-0.05, 0) is 36.4 Å². The fourth-order valence-corrected chi connectivity index (χ4v) is 3.97. The van der Waals surface area contributed by atoms with Crippen LogP contribution in [0.15, 0.2) is 53.7 Å². The molecule has 0 radical (unpaired) electrons. The van der Waals surface area contributed by atoms with Crippen molar-refractivity contribution in [2.75, 3.05) is 31.1 Å². The van der Waals surface area contributed by atoms with Crippen molar-refractivity contribution >= 4 is 15.7 Å². The summed E-state index contributed by atoms with van der Waals surface area (Å²) in [4.78, 5) is 6.23. The van der Waals surface area contributed by atoms with E-state index in [1.54, 1.807) is 30.5 Å². The van der Waals surface area contributed by atoms with Crippen LogP contribution >= 0.6 is 0 Å². The molecule has 118 valence electrons. The fourth-order valence-electron chi connectivity index (χ4n) is 2.58. The van der Waals surface area contributed by atoms with E-state index in [2.05, 4.69) is 16.0 Å². The zero-order chi connectivity index (χ0) is 16.3. The van der Waals surface area contributed by atoms with Crippen molar-refractivity contribution in [3.8, 4) is 6.07 Å². The number of piperazine rings is 1. The van der Waals surface area contributed by atoms with Crippen molar-refractivity contribution in [1.29, 1.82) is 5.26 Å². The van der Waals surface area contributed by atoms with Gasteiger partial charge < -0.3 is 4.90 Å². The minimum atomic E-state index is -3.48. The van der Waals surface area contributed by atoms with E-state index in [-0.39, 0.29) is 4.90 Å². The van der Waals surface area contributed by atoms with Crippen LogP contribution in [0.3, 0.4) is 0 Å². The second kappa shape index (κ2) is 6.36. The summed E-state index contributed by atoms with van der Waals surface area (Å²) in [6, 6.07) is 12.6. The van der Waals surface area contributed by atoms with Crippen LogP contribution in [0.2, 0.25) is 0 Å². The Morgan fingerprint density at radius 3 is 2.30 bits per heavy atom. The molecule has 6 nitrogen and oxygen atoms in total. The number of nitriles is 1. The molecular formula is C16H16N4O2S. The Bertz CT molecular complexity index is 805. The number of aromatic nitrogens is 1. The van der Waals surface area contributed by atoms with E-state index in [0.717, 1.165) is 5.69 Å². The van der Waals surface area contributed by atoms with Gasteiger partial charge in [-0.2, -0.15) is 9.57 Å². The molecule has 2 aromatic rings. The summed E-state index contributed by atoms with van der Waals surface area (Å²) in [6.45, 7) is 2.09. The lowest BCUT2D eigenvalue weighted by Crippen LogP contribution is -2.48. The lowest BCUT2D eigenvalue weighted by Gasteiger charge is -2.35. The van der Waals surface area contributed by atoms with Crippen molar-refractivity contribution in [3.63, 3.8) is 0 Å². The van der Waals surface area contributed by atoms with E-state index in [9.17, 15) is 8.42 Å². The predicted octanol–water partition coefficient (Wildman–Crippen LogP) is 1.46. The molecule has 1 aromatic carbocycles. The van der Waals surface area contributed by atoms with Crippen LogP contribution in [-0.4, -0.2) is 43.9 Å². The second-order valence-corrected chi connectivity index (χ2v) is 7.18. The molecule has 0 amide bonds. The number of sulfonamides is 1. The lowest BCUT2D eigenvalue weighted by atomic mass is 10.2. The third kappa shape index (κ3) is 3.18. The quantitative estimate of drug-likeness (QED) is 0.852. The van der Waals surface area contributed by atoms with Gasteiger partial charge in [0.2, 0.25) is 10.0 Å². The maximum Gasteiger partial charge on any atom is 0.244 e. The van der Waals surface area contributed by atoms with E-state index in [1.807, 2.05) is 12.1 Å². The van der Waals surface area contributed by atoms with Crippen molar-refractivity contribution < 1.29 is 8.42 Å². The highest BCUT2D eigenvalue weighted by Gasteiger charge is 2.28. The summed E-state index contributed by atoms with van der Waals surface area (Å²) >= 11 is 0. The lowest BCUT2D eigenvalue weighted by molar-refractivity contribution is 0.385. The highest BCUT2D eigenvalue weighted by molar-refractivity contribution is 7.89. The van der Waals surface area contributed by atoms with Gasteiger partial charge in [-0.3, -0.25) is 4.98 Å². The van der Waals surface area contributed by atoms with Gasteiger partial charge in [0.15, 0.2) is 0 Å².